The smallest absolute Gasteiger partial charge is 0.234 e. The summed E-state index contributed by atoms with van der Waals surface area (Å²) in [5.41, 5.74) is 5.58. The first-order valence-corrected chi connectivity index (χ1v) is 17.7. The Morgan fingerprint density at radius 1 is 0.750 bits per heavy atom. The summed E-state index contributed by atoms with van der Waals surface area (Å²) in [4.78, 5) is 0. The lowest BCUT2D eigenvalue weighted by Gasteiger charge is -2.33. The van der Waals surface area contributed by atoms with E-state index in [1.807, 2.05) is 109 Å². The molecule has 1 aliphatic carbocycles. The standard InChI is InChI=1S/C36H29Cl4N2OP/c37-30-18-14-25(15-19-30)22-29-12-7-13-32-35(29)41-42(36(32)28-16-20-31(38)21-17-28)44(43,23-33(39)26-8-3-1-4-9-26)24-34(40)27-10-5-2-6-11-27/h1-6,8-11,14-24,32,36H,7,12-13H2/b29-22+,33-23-,34-24+/t32-,36-,44?/m1/s1. The maximum absolute atomic E-state index is 15.5. The second kappa shape index (κ2) is 13.5. The third-order valence-electron chi connectivity index (χ3n) is 7.92. The Balaban J connectivity index is 1.54. The fraction of sp³-hybridized carbons (Fsp3) is 0.139. The summed E-state index contributed by atoms with van der Waals surface area (Å²) < 4.78 is 17.3. The molecule has 4 aromatic carbocycles. The normalized spacial score (nSPS) is 21.1. The van der Waals surface area contributed by atoms with Crippen molar-refractivity contribution in [3.05, 3.63) is 159 Å². The van der Waals surface area contributed by atoms with Gasteiger partial charge in [-0.2, -0.15) is 5.10 Å². The van der Waals surface area contributed by atoms with E-state index in [-0.39, 0.29) is 12.0 Å². The molecule has 0 N–H and O–H groups in total. The average molecular weight is 678 g/mol. The number of allylic oxidation sites excluding steroid dienone is 1. The number of hydrogen-bond donors (Lipinski definition) is 0. The van der Waals surface area contributed by atoms with Crippen LogP contribution in [0.5, 0.6) is 0 Å². The Labute approximate surface area is 278 Å². The number of hydrazone groups is 1. The van der Waals surface area contributed by atoms with Crippen LogP contribution in [0.1, 0.15) is 47.6 Å². The van der Waals surface area contributed by atoms with Gasteiger partial charge in [0.25, 0.3) is 0 Å². The van der Waals surface area contributed by atoms with Crippen LogP contribution in [0.4, 0.5) is 0 Å². The summed E-state index contributed by atoms with van der Waals surface area (Å²) in [7, 11) is -3.65. The molecule has 1 heterocycles. The first kappa shape index (κ1) is 31.0. The first-order valence-electron chi connectivity index (χ1n) is 14.4. The van der Waals surface area contributed by atoms with Crippen LogP contribution in [0.25, 0.3) is 16.1 Å². The molecule has 3 nitrogen and oxygen atoms in total. The second-order valence-electron chi connectivity index (χ2n) is 10.9. The summed E-state index contributed by atoms with van der Waals surface area (Å²) in [5, 5.41) is 7.25. The predicted molar refractivity (Wildman–Crippen MR) is 188 cm³/mol. The van der Waals surface area contributed by atoms with Gasteiger partial charge in [0, 0.05) is 27.6 Å². The van der Waals surface area contributed by atoms with Crippen LogP contribution < -0.4 is 0 Å². The average Bonchev–Trinajstić information content (AvgIpc) is 3.45. The van der Waals surface area contributed by atoms with Crippen molar-refractivity contribution in [2.75, 3.05) is 0 Å². The molecule has 0 spiro atoms. The fourth-order valence-electron chi connectivity index (χ4n) is 5.82. The lowest BCUT2D eigenvalue weighted by Crippen LogP contribution is -2.26. The van der Waals surface area contributed by atoms with Crippen LogP contribution in [0.2, 0.25) is 10.0 Å². The molecule has 1 unspecified atom stereocenters. The van der Waals surface area contributed by atoms with E-state index in [2.05, 4.69) is 6.08 Å². The van der Waals surface area contributed by atoms with Gasteiger partial charge in [0.1, 0.15) is 0 Å². The van der Waals surface area contributed by atoms with Crippen LogP contribution in [0, 0.1) is 5.92 Å². The van der Waals surface area contributed by atoms with Gasteiger partial charge in [0.2, 0.25) is 7.29 Å². The van der Waals surface area contributed by atoms with Crippen LogP contribution in [0.3, 0.4) is 0 Å². The first-order chi connectivity index (χ1) is 21.3. The molecule has 0 radical (unpaired) electrons. The zero-order valence-corrected chi connectivity index (χ0v) is 27.6. The van der Waals surface area contributed by atoms with Crippen molar-refractivity contribution in [3.8, 4) is 0 Å². The zero-order valence-electron chi connectivity index (χ0n) is 23.7. The van der Waals surface area contributed by atoms with Gasteiger partial charge < -0.3 is 0 Å². The third-order valence-corrected chi connectivity index (χ3v) is 11.6. The van der Waals surface area contributed by atoms with Crippen molar-refractivity contribution in [1.82, 2.24) is 4.78 Å². The highest BCUT2D eigenvalue weighted by atomic mass is 35.5. The molecular formula is C36H29Cl4N2OP. The maximum Gasteiger partial charge on any atom is 0.234 e. The summed E-state index contributed by atoms with van der Waals surface area (Å²) >= 11 is 26.3. The van der Waals surface area contributed by atoms with Gasteiger partial charge in [0.05, 0.1) is 21.8 Å². The number of halogens is 4. The number of nitrogens with zero attached hydrogens (tertiary/aromatic N) is 2. The molecule has 4 aromatic rings. The van der Waals surface area contributed by atoms with E-state index in [9.17, 15) is 0 Å². The highest BCUT2D eigenvalue weighted by Gasteiger charge is 2.47. The maximum atomic E-state index is 15.5. The molecule has 1 aliphatic heterocycles. The fourth-order valence-corrected chi connectivity index (χ4v) is 9.34. The van der Waals surface area contributed by atoms with Crippen molar-refractivity contribution in [2.24, 2.45) is 11.0 Å². The number of hydrogen-bond acceptors (Lipinski definition) is 2. The van der Waals surface area contributed by atoms with Crippen molar-refractivity contribution >= 4 is 75.5 Å². The van der Waals surface area contributed by atoms with Gasteiger partial charge >= 0.3 is 0 Å². The van der Waals surface area contributed by atoms with E-state index in [1.54, 1.807) is 16.4 Å². The molecule has 222 valence electrons. The minimum Gasteiger partial charge on any atom is -0.290 e. The van der Waals surface area contributed by atoms with Gasteiger partial charge in [0.15, 0.2) is 0 Å². The lowest BCUT2D eigenvalue weighted by molar-refractivity contribution is 0.315. The molecule has 2 aliphatic rings. The third kappa shape index (κ3) is 6.79. The molecule has 0 saturated heterocycles. The monoisotopic (exact) mass is 676 g/mol. The van der Waals surface area contributed by atoms with Gasteiger partial charge in [-0.05, 0) is 77.4 Å². The molecule has 44 heavy (non-hydrogen) atoms. The van der Waals surface area contributed by atoms with E-state index >= 15 is 4.57 Å². The Kier molecular flexibility index (Phi) is 9.52. The van der Waals surface area contributed by atoms with E-state index in [0.29, 0.717) is 20.1 Å². The summed E-state index contributed by atoms with van der Waals surface area (Å²) in [6.07, 6.45) is 4.90. The van der Waals surface area contributed by atoms with Gasteiger partial charge in [-0.3, -0.25) is 4.57 Å². The second-order valence-corrected chi connectivity index (χ2v) is 14.8. The summed E-state index contributed by atoms with van der Waals surface area (Å²) in [5.74, 6) is 3.26. The highest BCUT2D eigenvalue weighted by molar-refractivity contribution is 7.68. The van der Waals surface area contributed by atoms with Gasteiger partial charge in [-0.25, -0.2) is 4.78 Å². The molecule has 3 atom stereocenters. The molecule has 0 amide bonds. The molecular weight excluding hydrogens is 649 g/mol. The Hall–Kier alpha value is -3.04. The van der Waals surface area contributed by atoms with Crippen molar-refractivity contribution < 1.29 is 4.57 Å². The topological polar surface area (TPSA) is 32.7 Å². The Morgan fingerprint density at radius 3 is 1.82 bits per heavy atom. The van der Waals surface area contributed by atoms with Crippen LogP contribution in [0.15, 0.2) is 132 Å². The van der Waals surface area contributed by atoms with E-state index in [1.165, 1.54) is 0 Å². The molecule has 6 rings (SSSR count). The molecule has 1 saturated carbocycles. The Bertz CT molecular complexity index is 1740. The predicted octanol–water partition coefficient (Wildman–Crippen LogP) is 12.3. The van der Waals surface area contributed by atoms with Crippen molar-refractivity contribution in [1.29, 1.82) is 0 Å². The van der Waals surface area contributed by atoms with Crippen LogP contribution in [-0.2, 0) is 4.57 Å². The summed E-state index contributed by atoms with van der Waals surface area (Å²) in [6, 6.07) is 34.2. The van der Waals surface area contributed by atoms with E-state index in [4.69, 9.17) is 51.5 Å². The van der Waals surface area contributed by atoms with Gasteiger partial charge in [-0.1, -0.05) is 131 Å². The molecule has 1 fully saturated rings. The highest BCUT2D eigenvalue weighted by Crippen LogP contribution is 2.64. The van der Waals surface area contributed by atoms with E-state index < -0.39 is 7.29 Å². The molecule has 0 aromatic heterocycles. The van der Waals surface area contributed by atoms with Gasteiger partial charge in [-0.15, -0.1) is 0 Å². The number of rotatable bonds is 7. The Morgan fingerprint density at radius 2 is 1.27 bits per heavy atom. The van der Waals surface area contributed by atoms with Crippen LogP contribution in [-0.4, -0.2) is 10.5 Å². The molecule has 8 heteroatoms. The number of fused-ring (bicyclic) bond motifs is 1. The minimum absolute atomic E-state index is 0.00426. The summed E-state index contributed by atoms with van der Waals surface area (Å²) in [6.45, 7) is 0. The number of benzene rings is 4. The van der Waals surface area contributed by atoms with Crippen molar-refractivity contribution in [2.45, 2.75) is 25.3 Å². The van der Waals surface area contributed by atoms with Crippen LogP contribution >= 0.6 is 53.7 Å². The van der Waals surface area contributed by atoms with E-state index in [0.717, 1.165) is 52.8 Å². The van der Waals surface area contributed by atoms with Crippen molar-refractivity contribution in [3.63, 3.8) is 0 Å². The zero-order chi connectivity index (χ0) is 30.7. The SMILES string of the molecule is O=P(/C=C(\Cl)c1ccccc1)(/C=C(/Cl)c1ccccc1)N1N=C2/C(=C/c3ccc(Cl)cc3)CCC[C@H]2[C@H]1c1ccc(Cl)cc1. The molecule has 0 bridgehead atoms. The quantitative estimate of drug-likeness (QED) is 0.182. The minimum atomic E-state index is -3.65. The largest absolute Gasteiger partial charge is 0.290 e. The lowest BCUT2D eigenvalue weighted by atomic mass is 9.78.